The van der Waals surface area contributed by atoms with Gasteiger partial charge in [-0.3, -0.25) is 0 Å². The fourth-order valence-corrected chi connectivity index (χ4v) is 1.05. The Hall–Kier alpha value is -0.140. The van der Waals surface area contributed by atoms with Gasteiger partial charge >= 0.3 is 0 Å². The molecule has 10 heavy (non-hydrogen) atoms. The highest BCUT2D eigenvalue weighted by molar-refractivity contribution is 6.35. The minimum Gasteiger partial charge on any atom is -0.478 e. The van der Waals surface area contributed by atoms with Crippen LogP contribution in [0.1, 0.15) is 12.8 Å². The zero-order chi connectivity index (χ0) is 7.40. The molecule has 0 aromatic heterocycles. The summed E-state index contributed by atoms with van der Waals surface area (Å²) in [7, 11) is 0. The lowest BCUT2D eigenvalue weighted by Crippen LogP contribution is -2.04. The topological polar surface area (TPSA) is 9.23 Å². The molecule has 0 fully saturated rings. The van der Waals surface area contributed by atoms with Crippen molar-refractivity contribution in [1.82, 2.24) is 0 Å². The first-order valence-electron chi connectivity index (χ1n) is 3.10. The molecular formula is C7H8Cl2O. The molecule has 0 aliphatic heterocycles. The van der Waals surface area contributed by atoms with Gasteiger partial charge in [-0.25, -0.2) is 0 Å². The van der Waals surface area contributed by atoms with E-state index in [2.05, 4.69) is 12.2 Å². The molecule has 0 unspecified atom stereocenters. The van der Waals surface area contributed by atoms with Crippen LogP contribution in [0, 0.1) is 0 Å². The van der Waals surface area contributed by atoms with E-state index in [0.717, 1.165) is 12.8 Å². The maximum absolute atomic E-state index is 5.52. The van der Waals surface area contributed by atoms with E-state index in [0.29, 0.717) is 0 Å². The average Bonchev–Trinajstić information content (AvgIpc) is 2.40. The Balaban J connectivity index is 2.26. The van der Waals surface area contributed by atoms with E-state index >= 15 is 0 Å². The number of hydrogen-bond donors (Lipinski definition) is 0. The molecule has 0 aromatic rings. The van der Waals surface area contributed by atoms with Crippen molar-refractivity contribution in [2.45, 2.75) is 18.9 Å². The summed E-state index contributed by atoms with van der Waals surface area (Å²) in [5.41, 5.74) is 1.24. The molecule has 1 aliphatic carbocycles. The Labute approximate surface area is 70.3 Å². The fraction of sp³-hybridized carbons (Fsp3) is 0.429. The smallest absolute Gasteiger partial charge is 0.198 e. The Morgan fingerprint density at radius 2 is 2.10 bits per heavy atom. The van der Waals surface area contributed by atoms with Crippen LogP contribution in [-0.4, -0.2) is 6.10 Å². The minimum absolute atomic E-state index is 0.197. The third-order valence-electron chi connectivity index (χ3n) is 1.33. The molecule has 0 radical (unpaired) electrons. The van der Waals surface area contributed by atoms with Crippen LogP contribution < -0.4 is 0 Å². The minimum atomic E-state index is 0.197. The number of rotatable bonds is 2. The Morgan fingerprint density at radius 1 is 1.50 bits per heavy atom. The van der Waals surface area contributed by atoms with Gasteiger partial charge in [-0.2, -0.15) is 0 Å². The quantitative estimate of drug-likeness (QED) is 0.467. The molecule has 0 N–H and O–H groups in total. The largest absolute Gasteiger partial charge is 0.478 e. The summed E-state index contributed by atoms with van der Waals surface area (Å²) in [5, 5.41) is 0.273. The third-order valence-corrected chi connectivity index (χ3v) is 1.84. The van der Waals surface area contributed by atoms with Gasteiger partial charge in [0, 0.05) is 12.8 Å². The summed E-state index contributed by atoms with van der Waals surface area (Å²) in [6.45, 7) is 0. The van der Waals surface area contributed by atoms with E-state index in [1.165, 1.54) is 5.54 Å². The van der Waals surface area contributed by atoms with Crippen LogP contribution in [0.4, 0.5) is 0 Å². The van der Waals surface area contributed by atoms with E-state index in [9.17, 15) is 0 Å². The lowest BCUT2D eigenvalue weighted by Gasteiger charge is -2.10. The Kier molecular flexibility index (Phi) is 3.10. The molecule has 0 saturated heterocycles. The molecule has 1 rings (SSSR count). The standard InChI is InChI=1S/C7H8Cl2O/c8-5-7(9)10-6-3-1-2-4-6/h1-2,5-6H,3-4H2/b7-5+. The van der Waals surface area contributed by atoms with E-state index in [1.807, 2.05) is 0 Å². The van der Waals surface area contributed by atoms with E-state index in [-0.39, 0.29) is 11.3 Å². The first-order valence-corrected chi connectivity index (χ1v) is 3.92. The molecule has 0 bridgehead atoms. The number of halogens is 2. The van der Waals surface area contributed by atoms with Gasteiger partial charge in [0.15, 0.2) is 5.22 Å². The first-order chi connectivity index (χ1) is 4.83. The van der Waals surface area contributed by atoms with Crippen molar-refractivity contribution in [2.75, 3.05) is 0 Å². The summed E-state index contributed by atoms with van der Waals surface area (Å²) >= 11 is 10.8. The molecule has 0 aromatic carbocycles. The van der Waals surface area contributed by atoms with Crippen molar-refractivity contribution in [3.63, 3.8) is 0 Å². The highest BCUT2D eigenvalue weighted by Gasteiger charge is 2.11. The molecule has 0 heterocycles. The normalized spacial score (nSPS) is 20.0. The summed E-state index contributed by atoms with van der Waals surface area (Å²) in [4.78, 5) is 0. The maximum atomic E-state index is 5.52. The highest BCUT2D eigenvalue weighted by atomic mass is 35.5. The van der Waals surface area contributed by atoms with E-state index < -0.39 is 0 Å². The molecule has 0 atom stereocenters. The maximum Gasteiger partial charge on any atom is 0.198 e. The predicted octanol–water partition coefficient (Wildman–Crippen LogP) is 3.00. The second-order valence-corrected chi connectivity index (χ2v) is 2.69. The lowest BCUT2D eigenvalue weighted by atomic mass is 10.3. The monoisotopic (exact) mass is 178 g/mol. The second-order valence-electron chi connectivity index (χ2n) is 2.10. The average molecular weight is 179 g/mol. The van der Waals surface area contributed by atoms with Gasteiger partial charge in [-0.15, -0.1) is 0 Å². The van der Waals surface area contributed by atoms with Gasteiger partial charge in [0.2, 0.25) is 0 Å². The number of hydrogen-bond acceptors (Lipinski definition) is 1. The SMILES string of the molecule is Cl/C=C(\Cl)OC1CC=CC1. The van der Waals surface area contributed by atoms with Crippen LogP contribution in [-0.2, 0) is 4.74 Å². The van der Waals surface area contributed by atoms with Crippen molar-refractivity contribution in [2.24, 2.45) is 0 Å². The fourth-order valence-electron chi connectivity index (χ4n) is 0.873. The Morgan fingerprint density at radius 3 is 2.60 bits per heavy atom. The predicted molar refractivity (Wildman–Crippen MR) is 43.0 cm³/mol. The number of ether oxygens (including phenoxy) is 1. The van der Waals surface area contributed by atoms with Crippen LogP contribution in [0.25, 0.3) is 0 Å². The molecule has 0 spiro atoms. The van der Waals surface area contributed by atoms with Crippen molar-refractivity contribution in [3.8, 4) is 0 Å². The van der Waals surface area contributed by atoms with Crippen LogP contribution in [0.2, 0.25) is 0 Å². The van der Waals surface area contributed by atoms with Gasteiger partial charge in [-0.1, -0.05) is 23.8 Å². The van der Waals surface area contributed by atoms with Gasteiger partial charge in [0.05, 0.1) is 5.54 Å². The van der Waals surface area contributed by atoms with Crippen molar-refractivity contribution >= 4 is 23.2 Å². The molecular weight excluding hydrogens is 171 g/mol. The van der Waals surface area contributed by atoms with Crippen LogP contribution in [0.3, 0.4) is 0 Å². The molecule has 0 saturated carbocycles. The molecule has 1 nitrogen and oxygen atoms in total. The first kappa shape index (κ1) is 7.96. The van der Waals surface area contributed by atoms with E-state index in [4.69, 9.17) is 27.9 Å². The Bertz CT molecular complexity index is 155. The molecule has 1 aliphatic rings. The molecule has 0 amide bonds. The zero-order valence-corrected chi connectivity index (χ0v) is 6.90. The highest BCUT2D eigenvalue weighted by Crippen LogP contribution is 2.18. The zero-order valence-electron chi connectivity index (χ0n) is 5.39. The van der Waals surface area contributed by atoms with Gasteiger partial charge in [-0.05, 0) is 11.6 Å². The van der Waals surface area contributed by atoms with Crippen molar-refractivity contribution in [3.05, 3.63) is 22.9 Å². The van der Waals surface area contributed by atoms with Crippen LogP contribution >= 0.6 is 23.2 Å². The van der Waals surface area contributed by atoms with Crippen LogP contribution in [0.15, 0.2) is 22.9 Å². The third kappa shape index (κ3) is 2.24. The lowest BCUT2D eigenvalue weighted by molar-refractivity contribution is 0.146. The van der Waals surface area contributed by atoms with Gasteiger partial charge in [0.25, 0.3) is 0 Å². The molecule has 56 valence electrons. The van der Waals surface area contributed by atoms with Crippen molar-refractivity contribution < 1.29 is 4.74 Å². The second kappa shape index (κ2) is 3.89. The summed E-state index contributed by atoms with van der Waals surface area (Å²) in [6, 6.07) is 0. The van der Waals surface area contributed by atoms with Crippen LogP contribution in [0.5, 0.6) is 0 Å². The van der Waals surface area contributed by atoms with Crippen molar-refractivity contribution in [1.29, 1.82) is 0 Å². The summed E-state index contributed by atoms with van der Waals surface area (Å²) in [6.07, 6.45) is 6.20. The van der Waals surface area contributed by atoms with E-state index in [1.54, 1.807) is 0 Å². The summed E-state index contributed by atoms with van der Waals surface area (Å²) in [5.74, 6) is 0. The van der Waals surface area contributed by atoms with Gasteiger partial charge < -0.3 is 4.74 Å². The van der Waals surface area contributed by atoms with Gasteiger partial charge in [0.1, 0.15) is 6.10 Å². The molecule has 3 heteroatoms. The summed E-state index contributed by atoms with van der Waals surface area (Å²) < 4.78 is 5.19.